The maximum Gasteiger partial charge on any atom is 0.317 e. The number of halogens is 1. The van der Waals surface area contributed by atoms with Crippen LogP contribution in [0.3, 0.4) is 0 Å². The van der Waals surface area contributed by atoms with Crippen LogP contribution in [0.5, 0.6) is 0 Å². The highest BCUT2D eigenvalue weighted by atomic mass is 35.5. The average Bonchev–Trinajstić information content (AvgIpc) is 3.06. The van der Waals surface area contributed by atoms with Gasteiger partial charge in [-0.25, -0.2) is 4.79 Å². The average molecular weight is 340 g/mol. The van der Waals surface area contributed by atoms with Crippen molar-refractivity contribution in [2.24, 2.45) is 7.05 Å². The number of nitrogens with one attached hydrogen (secondary N) is 1. The highest BCUT2D eigenvalue weighted by molar-refractivity contribution is 6.30. The highest BCUT2D eigenvalue weighted by Gasteiger charge is 2.13. The summed E-state index contributed by atoms with van der Waals surface area (Å²) in [7, 11) is 3.63. The Balaban J connectivity index is 1.78. The lowest BCUT2D eigenvalue weighted by Gasteiger charge is -2.18. The smallest absolute Gasteiger partial charge is 0.317 e. The van der Waals surface area contributed by atoms with Gasteiger partial charge >= 0.3 is 6.03 Å². The van der Waals surface area contributed by atoms with Crippen LogP contribution in [0, 0.1) is 0 Å². The zero-order valence-electron chi connectivity index (χ0n) is 13.8. The molecule has 8 heteroatoms. The van der Waals surface area contributed by atoms with E-state index >= 15 is 0 Å². The molecule has 0 aliphatic carbocycles. The molecule has 2 amide bonds. The largest absolute Gasteiger partial charge is 0.351 e. The third-order valence-corrected chi connectivity index (χ3v) is 3.64. The van der Waals surface area contributed by atoms with Crippen molar-refractivity contribution in [3.63, 3.8) is 0 Å². The SMILES string of the molecule is CC(C)c1noc(CCNC(=O)N(C)Cc2cc(Cl)cn2C)n1. The Labute approximate surface area is 140 Å². The third kappa shape index (κ3) is 4.72. The summed E-state index contributed by atoms with van der Waals surface area (Å²) in [6.45, 7) is 4.92. The molecule has 2 heterocycles. The summed E-state index contributed by atoms with van der Waals surface area (Å²) in [6, 6.07) is 1.68. The molecule has 0 atom stereocenters. The predicted octanol–water partition coefficient (Wildman–Crippen LogP) is 2.57. The topological polar surface area (TPSA) is 76.2 Å². The first-order valence-corrected chi connectivity index (χ1v) is 7.86. The molecule has 0 spiro atoms. The molecular formula is C15H22ClN5O2. The predicted molar refractivity (Wildman–Crippen MR) is 87.4 cm³/mol. The van der Waals surface area contributed by atoms with Gasteiger partial charge in [-0.2, -0.15) is 4.98 Å². The number of carbonyl (C=O) groups excluding carboxylic acids is 1. The summed E-state index contributed by atoms with van der Waals surface area (Å²) < 4.78 is 7.04. The van der Waals surface area contributed by atoms with E-state index in [0.29, 0.717) is 36.2 Å². The molecular weight excluding hydrogens is 318 g/mol. The van der Waals surface area contributed by atoms with Crippen molar-refractivity contribution in [3.05, 3.63) is 34.7 Å². The van der Waals surface area contributed by atoms with Crippen molar-refractivity contribution in [2.45, 2.75) is 32.7 Å². The van der Waals surface area contributed by atoms with Crippen molar-refractivity contribution >= 4 is 17.6 Å². The fraction of sp³-hybridized carbons (Fsp3) is 0.533. The van der Waals surface area contributed by atoms with Crippen molar-refractivity contribution < 1.29 is 9.32 Å². The second-order valence-corrected chi connectivity index (χ2v) is 6.24. The first kappa shape index (κ1) is 17.3. The van der Waals surface area contributed by atoms with Crippen LogP contribution in [0.1, 0.15) is 37.2 Å². The van der Waals surface area contributed by atoms with Gasteiger partial charge in [-0.1, -0.05) is 30.6 Å². The van der Waals surface area contributed by atoms with Gasteiger partial charge in [-0.05, 0) is 6.07 Å². The second-order valence-electron chi connectivity index (χ2n) is 5.80. The molecule has 0 unspecified atom stereocenters. The molecule has 0 aromatic carbocycles. The normalized spacial score (nSPS) is 11.0. The number of nitrogens with zero attached hydrogens (tertiary/aromatic N) is 4. The van der Waals surface area contributed by atoms with Gasteiger partial charge < -0.3 is 19.3 Å². The van der Waals surface area contributed by atoms with Crippen LogP contribution in [0.2, 0.25) is 5.02 Å². The van der Waals surface area contributed by atoms with Crippen molar-refractivity contribution in [1.29, 1.82) is 0 Å². The molecule has 1 N–H and O–H groups in total. The van der Waals surface area contributed by atoms with E-state index in [4.69, 9.17) is 16.1 Å². The molecule has 2 aromatic rings. The van der Waals surface area contributed by atoms with E-state index in [1.165, 1.54) is 0 Å². The molecule has 0 radical (unpaired) electrons. The lowest BCUT2D eigenvalue weighted by Crippen LogP contribution is -2.38. The molecule has 0 saturated carbocycles. The number of hydrogen-bond acceptors (Lipinski definition) is 4. The van der Waals surface area contributed by atoms with E-state index in [9.17, 15) is 4.79 Å². The van der Waals surface area contributed by atoms with Crippen molar-refractivity contribution in [1.82, 2.24) is 24.9 Å². The Morgan fingerprint density at radius 3 is 2.83 bits per heavy atom. The summed E-state index contributed by atoms with van der Waals surface area (Å²) in [4.78, 5) is 17.9. The Morgan fingerprint density at radius 1 is 1.52 bits per heavy atom. The van der Waals surface area contributed by atoms with Crippen molar-refractivity contribution in [3.8, 4) is 0 Å². The molecule has 126 valence electrons. The van der Waals surface area contributed by atoms with Crippen LogP contribution < -0.4 is 5.32 Å². The van der Waals surface area contributed by atoms with Crippen LogP contribution in [-0.4, -0.2) is 39.2 Å². The second kappa shape index (κ2) is 7.50. The minimum Gasteiger partial charge on any atom is -0.351 e. The number of aryl methyl sites for hydroxylation is 1. The number of amides is 2. The molecule has 2 aromatic heterocycles. The van der Waals surface area contributed by atoms with E-state index in [2.05, 4.69) is 15.5 Å². The van der Waals surface area contributed by atoms with Crippen LogP contribution in [-0.2, 0) is 20.0 Å². The monoisotopic (exact) mass is 339 g/mol. The third-order valence-electron chi connectivity index (χ3n) is 3.44. The molecule has 0 bridgehead atoms. The van der Waals surface area contributed by atoms with Gasteiger partial charge in [0.05, 0.1) is 11.6 Å². The summed E-state index contributed by atoms with van der Waals surface area (Å²) >= 11 is 5.94. The molecule has 7 nitrogen and oxygen atoms in total. The molecule has 0 saturated heterocycles. The molecule has 23 heavy (non-hydrogen) atoms. The van der Waals surface area contributed by atoms with Crippen LogP contribution in [0.15, 0.2) is 16.8 Å². The molecule has 0 fully saturated rings. The van der Waals surface area contributed by atoms with Crippen LogP contribution >= 0.6 is 11.6 Å². The molecule has 0 aliphatic rings. The Bertz CT molecular complexity index is 665. The first-order chi connectivity index (χ1) is 10.9. The lowest BCUT2D eigenvalue weighted by molar-refractivity contribution is 0.206. The number of hydrogen-bond donors (Lipinski definition) is 1. The van der Waals surface area contributed by atoms with Crippen LogP contribution in [0.4, 0.5) is 4.79 Å². The van der Waals surface area contributed by atoms with Gasteiger partial charge in [0.15, 0.2) is 5.82 Å². The number of aromatic nitrogens is 3. The van der Waals surface area contributed by atoms with Crippen molar-refractivity contribution in [2.75, 3.05) is 13.6 Å². The summed E-state index contributed by atoms with van der Waals surface area (Å²) in [5.41, 5.74) is 0.964. The number of carbonyl (C=O) groups is 1. The number of rotatable bonds is 6. The minimum absolute atomic E-state index is 0.161. The number of urea groups is 1. The summed E-state index contributed by atoms with van der Waals surface area (Å²) in [6.07, 6.45) is 2.32. The fourth-order valence-electron chi connectivity index (χ4n) is 2.05. The zero-order valence-corrected chi connectivity index (χ0v) is 14.6. The van der Waals surface area contributed by atoms with Gasteiger partial charge in [0.1, 0.15) is 0 Å². The maximum atomic E-state index is 12.1. The molecule has 2 rings (SSSR count). The lowest BCUT2D eigenvalue weighted by atomic mass is 10.2. The van der Waals surface area contributed by atoms with E-state index in [1.807, 2.05) is 37.7 Å². The highest BCUT2D eigenvalue weighted by Crippen LogP contribution is 2.14. The van der Waals surface area contributed by atoms with Gasteiger partial charge in [0.25, 0.3) is 0 Å². The minimum atomic E-state index is -0.161. The van der Waals surface area contributed by atoms with Gasteiger partial charge in [0.2, 0.25) is 5.89 Å². The Morgan fingerprint density at radius 2 is 2.26 bits per heavy atom. The van der Waals surface area contributed by atoms with E-state index in [0.717, 1.165) is 5.69 Å². The summed E-state index contributed by atoms with van der Waals surface area (Å²) in [5, 5.41) is 7.39. The molecule has 0 aliphatic heterocycles. The van der Waals surface area contributed by atoms with Crippen LogP contribution in [0.25, 0.3) is 0 Å². The Hall–Kier alpha value is -2.02. The van der Waals surface area contributed by atoms with E-state index in [-0.39, 0.29) is 11.9 Å². The fourth-order valence-corrected chi connectivity index (χ4v) is 2.33. The maximum absolute atomic E-state index is 12.1. The quantitative estimate of drug-likeness (QED) is 0.877. The van der Waals surface area contributed by atoms with E-state index < -0.39 is 0 Å². The first-order valence-electron chi connectivity index (χ1n) is 7.49. The standard InChI is InChI=1S/C15H22ClN5O2/c1-10(2)14-18-13(23-19-14)5-6-17-15(22)21(4)9-12-7-11(16)8-20(12)3/h7-8,10H,5-6,9H2,1-4H3,(H,17,22). The van der Waals surface area contributed by atoms with E-state index in [1.54, 1.807) is 11.9 Å². The zero-order chi connectivity index (χ0) is 17.0. The Kier molecular flexibility index (Phi) is 5.65. The summed E-state index contributed by atoms with van der Waals surface area (Å²) in [5.74, 6) is 1.44. The van der Waals surface area contributed by atoms with Gasteiger partial charge in [-0.15, -0.1) is 0 Å². The van der Waals surface area contributed by atoms with Gasteiger partial charge in [-0.3, -0.25) is 0 Å². The van der Waals surface area contributed by atoms with Gasteiger partial charge in [0, 0.05) is 44.9 Å².